The van der Waals surface area contributed by atoms with Crippen molar-refractivity contribution in [2.75, 3.05) is 5.32 Å². The van der Waals surface area contributed by atoms with Gasteiger partial charge in [-0.1, -0.05) is 11.6 Å². The average molecular weight is 264 g/mol. The molecule has 98 valence electrons. The maximum absolute atomic E-state index is 13.3. The van der Waals surface area contributed by atoms with Crippen molar-refractivity contribution in [3.8, 4) is 5.75 Å². The number of carbonyl (C=O) groups is 1. The number of amides is 1. The molecule has 1 heterocycles. The molecule has 0 bridgehead atoms. The number of phenolic OH excluding ortho intramolecular Hbond substituents is 1. The zero-order valence-electron chi connectivity index (χ0n) is 9.95. The first-order chi connectivity index (χ1) is 8.97. The summed E-state index contributed by atoms with van der Waals surface area (Å²) in [5.41, 5.74) is 0.511. The van der Waals surface area contributed by atoms with Crippen LogP contribution >= 0.6 is 0 Å². The monoisotopic (exact) mass is 264 g/mol. The van der Waals surface area contributed by atoms with Crippen LogP contribution < -0.4 is 5.32 Å². The summed E-state index contributed by atoms with van der Waals surface area (Å²) in [5, 5.41) is 11.8. The molecule has 0 saturated heterocycles. The summed E-state index contributed by atoms with van der Waals surface area (Å²) in [4.78, 5) is 14.8. The highest BCUT2D eigenvalue weighted by atomic mass is 19.1. The molecule has 1 amide bonds. The maximum Gasteiger partial charge on any atom is 0.259 e. The number of benzene rings is 1. The molecule has 0 radical (unpaired) electrons. The number of aromatic nitrogens is 1. The molecule has 6 heteroatoms. The number of aryl methyl sites for hydroxylation is 1. The minimum Gasteiger partial charge on any atom is -0.507 e. The van der Waals surface area contributed by atoms with E-state index in [-0.39, 0.29) is 17.0 Å². The molecule has 2 N–H and O–H groups in total. The van der Waals surface area contributed by atoms with Crippen molar-refractivity contribution in [1.82, 2.24) is 4.98 Å². The highest BCUT2D eigenvalue weighted by Crippen LogP contribution is 2.20. The summed E-state index contributed by atoms with van der Waals surface area (Å²) in [6.07, 6.45) is 0. The number of nitrogens with zero attached hydrogens (tertiary/aromatic N) is 1. The topological polar surface area (TPSA) is 62.2 Å². The lowest BCUT2D eigenvalue weighted by atomic mass is 10.1. The molecule has 0 saturated carbocycles. The number of phenols is 1. The van der Waals surface area contributed by atoms with Gasteiger partial charge < -0.3 is 10.4 Å². The van der Waals surface area contributed by atoms with Crippen LogP contribution in [0.25, 0.3) is 0 Å². The first-order valence-electron chi connectivity index (χ1n) is 5.40. The highest BCUT2D eigenvalue weighted by molar-refractivity contribution is 6.06. The maximum atomic E-state index is 13.3. The average Bonchev–Trinajstić information content (AvgIpc) is 2.35. The molecule has 19 heavy (non-hydrogen) atoms. The summed E-state index contributed by atoms with van der Waals surface area (Å²) in [6, 6.07) is 6.44. The molecule has 0 aliphatic heterocycles. The van der Waals surface area contributed by atoms with Crippen molar-refractivity contribution >= 4 is 11.6 Å². The Labute approximate surface area is 107 Å². The molecule has 4 nitrogen and oxygen atoms in total. The molecule has 1 aromatic heterocycles. The highest BCUT2D eigenvalue weighted by Gasteiger charge is 2.14. The van der Waals surface area contributed by atoms with Gasteiger partial charge in [-0.2, -0.15) is 13.8 Å². The van der Waals surface area contributed by atoms with Crippen LogP contribution in [0.1, 0.15) is 15.9 Å². The fourth-order valence-electron chi connectivity index (χ4n) is 1.53. The molecule has 0 aliphatic carbocycles. The normalized spacial score (nSPS) is 10.3. The van der Waals surface area contributed by atoms with Gasteiger partial charge in [-0.05, 0) is 31.2 Å². The Morgan fingerprint density at radius 2 is 2.00 bits per heavy atom. The van der Waals surface area contributed by atoms with Crippen molar-refractivity contribution in [2.24, 2.45) is 0 Å². The summed E-state index contributed by atoms with van der Waals surface area (Å²) in [7, 11) is 0. The number of carbonyl (C=O) groups excluding carboxylic acids is 1. The second kappa shape index (κ2) is 5.01. The summed E-state index contributed by atoms with van der Waals surface area (Å²) < 4.78 is 25.9. The van der Waals surface area contributed by atoms with Gasteiger partial charge in [-0.3, -0.25) is 4.79 Å². The molecule has 1 aromatic carbocycles. The van der Waals surface area contributed by atoms with Crippen molar-refractivity contribution in [1.29, 1.82) is 0 Å². The molecule has 0 atom stereocenters. The van der Waals surface area contributed by atoms with Crippen LogP contribution in [0.4, 0.5) is 14.5 Å². The van der Waals surface area contributed by atoms with Crippen molar-refractivity contribution in [3.63, 3.8) is 0 Å². The van der Waals surface area contributed by atoms with Gasteiger partial charge in [0.05, 0.1) is 11.3 Å². The van der Waals surface area contributed by atoms with E-state index in [2.05, 4.69) is 10.3 Å². The molecular weight excluding hydrogens is 254 g/mol. The Morgan fingerprint density at radius 1 is 1.26 bits per heavy atom. The van der Waals surface area contributed by atoms with Gasteiger partial charge in [0.25, 0.3) is 5.91 Å². The zero-order valence-corrected chi connectivity index (χ0v) is 9.95. The van der Waals surface area contributed by atoms with Crippen LogP contribution in [0, 0.1) is 18.8 Å². The van der Waals surface area contributed by atoms with E-state index in [9.17, 15) is 18.7 Å². The lowest BCUT2D eigenvalue weighted by molar-refractivity contribution is 0.102. The van der Waals surface area contributed by atoms with Gasteiger partial charge in [0.15, 0.2) is 0 Å². The van der Waals surface area contributed by atoms with Crippen LogP contribution in [0.3, 0.4) is 0 Å². The number of hydrogen-bond donors (Lipinski definition) is 2. The lowest BCUT2D eigenvalue weighted by Gasteiger charge is -2.08. The molecule has 0 aliphatic rings. The van der Waals surface area contributed by atoms with Gasteiger partial charge in [0.1, 0.15) is 5.75 Å². The number of pyridine rings is 1. The Kier molecular flexibility index (Phi) is 3.41. The summed E-state index contributed by atoms with van der Waals surface area (Å²) in [5.74, 6) is -3.03. The predicted octanol–water partition coefficient (Wildman–Crippen LogP) is 2.63. The van der Waals surface area contributed by atoms with Crippen molar-refractivity contribution in [2.45, 2.75) is 6.92 Å². The number of nitrogens with one attached hydrogen (secondary N) is 1. The van der Waals surface area contributed by atoms with Crippen molar-refractivity contribution in [3.05, 3.63) is 53.4 Å². The third-order valence-corrected chi connectivity index (χ3v) is 2.46. The number of halogens is 2. The molecular formula is C13H10F2N2O2. The van der Waals surface area contributed by atoms with Crippen molar-refractivity contribution < 1.29 is 18.7 Å². The predicted molar refractivity (Wildman–Crippen MR) is 65.0 cm³/mol. The molecule has 0 fully saturated rings. The molecule has 2 rings (SSSR count). The van der Waals surface area contributed by atoms with E-state index in [1.165, 1.54) is 12.1 Å². The van der Waals surface area contributed by atoms with Crippen LogP contribution in [0.5, 0.6) is 5.75 Å². The van der Waals surface area contributed by atoms with Crippen LogP contribution in [-0.4, -0.2) is 16.0 Å². The van der Waals surface area contributed by atoms with Crippen LogP contribution in [0.2, 0.25) is 0 Å². The Bertz CT molecular complexity index is 645. The third kappa shape index (κ3) is 2.85. The van der Waals surface area contributed by atoms with E-state index in [1.54, 1.807) is 13.0 Å². The van der Waals surface area contributed by atoms with E-state index in [4.69, 9.17) is 0 Å². The van der Waals surface area contributed by atoms with Gasteiger partial charge in [0, 0.05) is 0 Å². The number of hydrogen-bond acceptors (Lipinski definition) is 3. The first kappa shape index (κ1) is 12.9. The first-order valence-corrected chi connectivity index (χ1v) is 5.40. The summed E-state index contributed by atoms with van der Waals surface area (Å²) in [6.45, 7) is 1.75. The smallest absolute Gasteiger partial charge is 0.259 e. The third-order valence-electron chi connectivity index (χ3n) is 2.46. The fraction of sp³-hybridized carbons (Fsp3) is 0.0769. The quantitative estimate of drug-likeness (QED) is 0.819. The van der Waals surface area contributed by atoms with Gasteiger partial charge in [-0.15, -0.1) is 0 Å². The van der Waals surface area contributed by atoms with E-state index < -0.39 is 17.8 Å². The minimum atomic E-state index is -1.12. The van der Waals surface area contributed by atoms with Crippen LogP contribution in [-0.2, 0) is 0 Å². The van der Waals surface area contributed by atoms with Gasteiger partial charge in [0.2, 0.25) is 11.9 Å². The number of rotatable bonds is 2. The number of anilines is 1. The Morgan fingerprint density at radius 3 is 2.68 bits per heavy atom. The SMILES string of the molecule is Cc1ccc(O)c(C(=O)Nc2ccc(F)nc2F)c1. The fourth-order valence-corrected chi connectivity index (χ4v) is 1.53. The zero-order chi connectivity index (χ0) is 14.0. The van der Waals surface area contributed by atoms with E-state index in [0.29, 0.717) is 0 Å². The second-order valence-electron chi connectivity index (χ2n) is 3.95. The largest absolute Gasteiger partial charge is 0.507 e. The Hall–Kier alpha value is -2.50. The molecule has 0 unspecified atom stereocenters. The van der Waals surface area contributed by atoms with Crippen LogP contribution in [0.15, 0.2) is 30.3 Å². The Balaban J connectivity index is 2.28. The lowest BCUT2D eigenvalue weighted by Crippen LogP contribution is -2.14. The van der Waals surface area contributed by atoms with Gasteiger partial charge >= 0.3 is 0 Å². The number of aromatic hydroxyl groups is 1. The van der Waals surface area contributed by atoms with E-state index in [0.717, 1.165) is 17.7 Å². The standard InChI is InChI=1S/C13H10F2N2O2/c1-7-2-4-10(18)8(6-7)13(19)16-9-3-5-11(14)17-12(9)15/h2-6,18H,1H3,(H,16,19). The summed E-state index contributed by atoms with van der Waals surface area (Å²) >= 11 is 0. The second-order valence-corrected chi connectivity index (χ2v) is 3.95. The molecule has 0 spiro atoms. The van der Waals surface area contributed by atoms with E-state index >= 15 is 0 Å². The molecule has 2 aromatic rings. The van der Waals surface area contributed by atoms with Gasteiger partial charge in [-0.25, -0.2) is 0 Å². The minimum absolute atomic E-state index is 0.00345. The van der Waals surface area contributed by atoms with E-state index in [1.807, 2.05) is 0 Å².